The lowest BCUT2D eigenvalue weighted by molar-refractivity contribution is 0.126. The van der Waals surface area contributed by atoms with Gasteiger partial charge in [0.15, 0.2) is 0 Å². The second-order valence-corrected chi connectivity index (χ2v) is 5.70. The van der Waals surface area contributed by atoms with Crippen LogP contribution < -0.4 is 5.32 Å². The number of nitrogens with zero attached hydrogens (tertiary/aromatic N) is 1. The molecule has 0 spiro atoms. The Bertz CT molecular complexity index is 434. The summed E-state index contributed by atoms with van der Waals surface area (Å²) in [5.41, 5.74) is 1.61. The van der Waals surface area contributed by atoms with E-state index in [0.29, 0.717) is 11.6 Å². The summed E-state index contributed by atoms with van der Waals surface area (Å²) in [6, 6.07) is 8.45. The summed E-state index contributed by atoms with van der Waals surface area (Å²) in [5.74, 6) is 0. The van der Waals surface area contributed by atoms with E-state index in [4.69, 9.17) is 5.26 Å². The lowest BCUT2D eigenvalue weighted by Crippen LogP contribution is -2.28. The van der Waals surface area contributed by atoms with E-state index in [1.807, 2.05) is 18.2 Å². The molecule has 0 aliphatic heterocycles. The first-order valence-electron chi connectivity index (χ1n) is 5.83. The largest absolute Gasteiger partial charge is 0.393 e. The van der Waals surface area contributed by atoms with Crippen LogP contribution in [0.5, 0.6) is 0 Å². The molecule has 17 heavy (non-hydrogen) atoms. The maximum atomic E-state index is 9.45. The molecule has 3 nitrogen and oxygen atoms in total. The number of hydrogen-bond donors (Lipinski definition) is 2. The van der Waals surface area contributed by atoms with Gasteiger partial charge in [-0.05, 0) is 66.5 Å². The zero-order chi connectivity index (χ0) is 12.3. The zero-order valence-electron chi connectivity index (χ0n) is 9.49. The van der Waals surface area contributed by atoms with Gasteiger partial charge in [0.1, 0.15) is 6.07 Å². The molecule has 1 aromatic rings. The van der Waals surface area contributed by atoms with Crippen LogP contribution >= 0.6 is 22.6 Å². The number of aliphatic hydroxyl groups excluding tert-OH is 1. The average molecular weight is 342 g/mol. The number of benzene rings is 1. The van der Waals surface area contributed by atoms with Crippen LogP contribution in [0.1, 0.15) is 31.2 Å². The van der Waals surface area contributed by atoms with Crippen LogP contribution in [0, 0.1) is 14.9 Å². The van der Waals surface area contributed by atoms with Crippen LogP contribution in [0.25, 0.3) is 0 Å². The van der Waals surface area contributed by atoms with Crippen LogP contribution in [0.15, 0.2) is 18.2 Å². The molecule has 1 aliphatic carbocycles. The summed E-state index contributed by atoms with van der Waals surface area (Å²) in [6.45, 7) is 0. The van der Waals surface area contributed by atoms with Gasteiger partial charge in [-0.3, -0.25) is 0 Å². The highest BCUT2D eigenvalue weighted by molar-refractivity contribution is 14.1. The van der Waals surface area contributed by atoms with Crippen LogP contribution in [-0.4, -0.2) is 17.3 Å². The summed E-state index contributed by atoms with van der Waals surface area (Å²) in [6.07, 6.45) is 3.50. The standard InChI is InChI=1S/C13H15IN2O/c14-10-1-6-13(9(7-10)8-15)16-11-2-4-12(17)5-3-11/h1,6-7,11-12,16-17H,2-5H2. The van der Waals surface area contributed by atoms with Crippen molar-refractivity contribution >= 4 is 28.3 Å². The Hall–Kier alpha value is -0.800. The van der Waals surface area contributed by atoms with Crippen LogP contribution in [0.4, 0.5) is 5.69 Å². The molecule has 1 fully saturated rings. The molecule has 0 saturated heterocycles. The van der Waals surface area contributed by atoms with Crippen LogP contribution in [0.2, 0.25) is 0 Å². The average Bonchev–Trinajstić information content (AvgIpc) is 2.34. The van der Waals surface area contributed by atoms with Gasteiger partial charge in [0.05, 0.1) is 17.4 Å². The molecule has 0 unspecified atom stereocenters. The summed E-state index contributed by atoms with van der Waals surface area (Å²) in [4.78, 5) is 0. The molecular weight excluding hydrogens is 327 g/mol. The first-order chi connectivity index (χ1) is 8.19. The molecule has 0 radical (unpaired) electrons. The summed E-state index contributed by atoms with van der Waals surface area (Å²) < 4.78 is 1.07. The normalized spacial score (nSPS) is 24.1. The molecule has 1 aliphatic rings. The Morgan fingerprint density at radius 3 is 2.65 bits per heavy atom. The first kappa shape index (κ1) is 12.7. The predicted molar refractivity (Wildman–Crippen MR) is 75.8 cm³/mol. The third-order valence-electron chi connectivity index (χ3n) is 3.16. The molecule has 0 heterocycles. The van der Waals surface area contributed by atoms with Crippen LogP contribution in [-0.2, 0) is 0 Å². The Morgan fingerprint density at radius 2 is 2.00 bits per heavy atom. The topological polar surface area (TPSA) is 56.0 Å². The smallest absolute Gasteiger partial charge is 0.101 e. The van der Waals surface area contributed by atoms with E-state index in [1.54, 1.807) is 0 Å². The Balaban J connectivity index is 2.06. The van der Waals surface area contributed by atoms with Crippen molar-refractivity contribution in [2.45, 2.75) is 37.8 Å². The molecule has 1 aromatic carbocycles. The number of hydrogen-bond acceptors (Lipinski definition) is 3. The quantitative estimate of drug-likeness (QED) is 0.813. The number of halogens is 1. The van der Waals surface area contributed by atoms with Gasteiger partial charge in [-0.25, -0.2) is 0 Å². The Morgan fingerprint density at radius 1 is 1.29 bits per heavy atom. The van der Waals surface area contributed by atoms with Crippen molar-refractivity contribution in [3.05, 3.63) is 27.3 Å². The second kappa shape index (κ2) is 5.69. The summed E-state index contributed by atoms with van der Waals surface area (Å²) >= 11 is 2.21. The monoisotopic (exact) mass is 342 g/mol. The van der Waals surface area contributed by atoms with E-state index < -0.39 is 0 Å². The molecule has 4 heteroatoms. The minimum absolute atomic E-state index is 0.139. The van der Waals surface area contributed by atoms with E-state index in [0.717, 1.165) is 34.9 Å². The molecule has 0 bridgehead atoms. The van der Waals surface area contributed by atoms with Gasteiger partial charge >= 0.3 is 0 Å². The fourth-order valence-corrected chi connectivity index (χ4v) is 2.67. The highest BCUT2D eigenvalue weighted by atomic mass is 127. The molecule has 90 valence electrons. The van der Waals surface area contributed by atoms with E-state index in [9.17, 15) is 5.11 Å². The maximum Gasteiger partial charge on any atom is 0.101 e. The third kappa shape index (κ3) is 3.33. The summed E-state index contributed by atoms with van der Waals surface area (Å²) in [5, 5.41) is 21.9. The molecular formula is C13H15IN2O. The number of aliphatic hydroxyl groups is 1. The van der Waals surface area contributed by atoms with Gasteiger partial charge in [-0.15, -0.1) is 0 Å². The fraction of sp³-hybridized carbons (Fsp3) is 0.462. The van der Waals surface area contributed by atoms with Gasteiger partial charge in [-0.2, -0.15) is 5.26 Å². The van der Waals surface area contributed by atoms with Gasteiger partial charge in [0, 0.05) is 9.61 Å². The van der Waals surface area contributed by atoms with Crippen molar-refractivity contribution in [2.24, 2.45) is 0 Å². The number of nitrogens with one attached hydrogen (secondary N) is 1. The third-order valence-corrected chi connectivity index (χ3v) is 3.83. The van der Waals surface area contributed by atoms with Crippen molar-refractivity contribution in [1.82, 2.24) is 0 Å². The zero-order valence-corrected chi connectivity index (χ0v) is 11.6. The van der Waals surface area contributed by atoms with Gasteiger partial charge < -0.3 is 10.4 Å². The summed E-state index contributed by atoms with van der Waals surface area (Å²) in [7, 11) is 0. The van der Waals surface area contributed by atoms with Crippen molar-refractivity contribution in [3.63, 3.8) is 0 Å². The SMILES string of the molecule is N#Cc1cc(I)ccc1NC1CCC(O)CC1. The van der Waals surface area contributed by atoms with Gasteiger partial charge in [0.25, 0.3) is 0 Å². The van der Waals surface area contributed by atoms with E-state index >= 15 is 0 Å². The maximum absolute atomic E-state index is 9.45. The number of nitriles is 1. The van der Waals surface area contributed by atoms with E-state index in [2.05, 4.69) is 34.0 Å². The van der Waals surface area contributed by atoms with Gasteiger partial charge in [0.2, 0.25) is 0 Å². The number of rotatable bonds is 2. The minimum Gasteiger partial charge on any atom is -0.393 e. The number of anilines is 1. The second-order valence-electron chi connectivity index (χ2n) is 4.45. The molecule has 0 atom stereocenters. The van der Waals surface area contributed by atoms with E-state index in [1.165, 1.54) is 0 Å². The van der Waals surface area contributed by atoms with E-state index in [-0.39, 0.29) is 6.10 Å². The van der Waals surface area contributed by atoms with Crippen molar-refractivity contribution in [2.75, 3.05) is 5.32 Å². The fourth-order valence-electron chi connectivity index (χ4n) is 2.17. The molecule has 0 amide bonds. The highest BCUT2D eigenvalue weighted by Gasteiger charge is 2.19. The Kier molecular flexibility index (Phi) is 4.24. The molecule has 0 aromatic heterocycles. The molecule has 2 N–H and O–H groups in total. The highest BCUT2D eigenvalue weighted by Crippen LogP contribution is 2.24. The lowest BCUT2D eigenvalue weighted by atomic mass is 9.93. The van der Waals surface area contributed by atoms with Gasteiger partial charge in [-0.1, -0.05) is 0 Å². The minimum atomic E-state index is -0.139. The Labute approximate surface area is 115 Å². The predicted octanol–water partition coefficient (Wildman–Crippen LogP) is 2.88. The van der Waals surface area contributed by atoms with Crippen molar-refractivity contribution in [3.8, 4) is 6.07 Å². The lowest BCUT2D eigenvalue weighted by Gasteiger charge is -2.27. The molecule has 2 rings (SSSR count). The first-order valence-corrected chi connectivity index (χ1v) is 6.91. The molecule has 1 saturated carbocycles. The van der Waals surface area contributed by atoms with Crippen LogP contribution in [0.3, 0.4) is 0 Å². The van der Waals surface area contributed by atoms with Crippen molar-refractivity contribution < 1.29 is 5.11 Å². The van der Waals surface area contributed by atoms with Crippen molar-refractivity contribution in [1.29, 1.82) is 5.26 Å².